The van der Waals surface area contributed by atoms with Crippen LogP contribution in [0.1, 0.15) is 58.6 Å². The number of benzene rings is 1. The summed E-state index contributed by atoms with van der Waals surface area (Å²) in [7, 11) is 2.01. The second-order valence-corrected chi connectivity index (χ2v) is 9.95. The predicted molar refractivity (Wildman–Crippen MR) is 127 cm³/mol. The number of rotatable bonds is 4. The van der Waals surface area contributed by atoms with Crippen LogP contribution in [-0.2, 0) is 26.4 Å². The van der Waals surface area contributed by atoms with Gasteiger partial charge in [-0.3, -0.25) is 19.3 Å². The van der Waals surface area contributed by atoms with Crippen molar-refractivity contribution in [2.45, 2.75) is 58.0 Å². The minimum atomic E-state index is 0.158. The first-order valence-corrected chi connectivity index (χ1v) is 12.4. The van der Waals surface area contributed by atoms with Crippen LogP contribution < -0.4 is 0 Å². The molecule has 32 heavy (non-hydrogen) atoms. The summed E-state index contributed by atoms with van der Waals surface area (Å²) in [6, 6.07) is 9.41. The summed E-state index contributed by atoms with van der Waals surface area (Å²) in [6.07, 6.45) is 6.65. The van der Waals surface area contributed by atoms with E-state index in [0.717, 1.165) is 77.2 Å². The number of piperidine rings is 1. The first kappa shape index (κ1) is 21.7. The molecule has 0 spiro atoms. The lowest BCUT2D eigenvalue weighted by atomic mass is 9.89. The van der Waals surface area contributed by atoms with Crippen LogP contribution in [0.2, 0.25) is 0 Å². The van der Waals surface area contributed by atoms with Crippen LogP contribution in [0.15, 0.2) is 24.3 Å². The Bertz CT molecular complexity index is 953. The van der Waals surface area contributed by atoms with Crippen LogP contribution in [0.5, 0.6) is 0 Å². The van der Waals surface area contributed by atoms with Crippen LogP contribution in [0.25, 0.3) is 0 Å². The molecule has 0 unspecified atom stereocenters. The third kappa shape index (κ3) is 4.48. The lowest BCUT2D eigenvalue weighted by Gasteiger charge is -2.41. The summed E-state index contributed by atoms with van der Waals surface area (Å²) in [5, 5.41) is 4.71. The highest BCUT2D eigenvalue weighted by molar-refractivity contribution is 5.94. The van der Waals surface area contributed by atoms with E-state index in [1.54, 1.807) is 0 Å². The van der Waals surface area contributed by atoms with Gasteiger partial charge in [-0.05, 0) is 51.0 Å². The van der Waals surface area contributed by atoms with Gasteiger partial charge >= 0.3 is 0 Å². The Kier molecular flexibility index (Phi) is 6.33. The quantitative estimate of drug-likeness (QED) is 0.741. The Morgan fingerprint density at radius 2 is 1.84 bits per heavy atom. The first-order chi connectivity index (χ1) is 15.6. The van der Waals surface area contributed by atoms with E-state index < -0.39 is 0 Å². The summed E-state index contributed by atoms with van der Waals surface area (Å²) in [5.41, 5.74) is 5.98. The molecular weight excluding hydrogens is 398 g/mol. The van der Waals surface area contributed by atoms with E-state index in [1.807, 2.05) is 16.6 Å². The highest BCUT2D eigenvalue weighted by atomic mass is 16.2. The number of nitrogens with zero attached hydrogens (tertiary/aromatic N) is 5. The molecule has 2 aliphatic heterocycles. The van der Waals surface area contributed by atoms with Crippen molar-refractivity contribution in [2.24, 2.45) is 7.05 Å². The Labute approximate surface area is 192 Å². The number of carbonyl (C=O) groups excluding carboxylic acids is 1. The van der Waals surface area contributed by atoms with Crippen molar-refractivity contribution in [2.75, 3.05) is 39.3 Å². The fraction of sp³-hybridized carbons (Fsp3) is 0.615. The maximum Gasteiger partial charge on any atom is 0.274 e. The van der Waals surface area contributed by atoms with E-state index >= 15 is 0 Å². The van der Waals surface area contributed by atoms with E-state index in [2.05, 4.69) is 41.0 Å². The van der Waals surface area contributed by atoms with Gasteiger partial charge in [0.1, 0.15) is 0 Å². The van der Waals surface area contributed by atoms with E-state index in [9.17, 15) is 4.79 Å². The van der Waals surface area contributed by atoms with Gasteiger partial charge in [-0.15, -0.1) is 0 Å². The Balaban J connectivity index is 1.22. The van der Waals surface area contributed by atoms with Crippen LogP contribution in [0.3, 0.4) is 0 Å². The SMILES string of the molecule is Cc1cccc(CN2CCN([C@@H]3CCc4c(c(C(=O)N5CCCCC5)nn4C)C3)CC2)c1. The maximum atomic E-state index is 13.2. The number of hydrogen-bond donors (Lipinski definition) is 0. The minimum absolute atomic E-state index is 0.158. The molecule has 2 fully saturated rings. The molecule has 0 saturated carbocycles. The smallest absolute Gasteiger partial charge is 0.274 e. The van der Waals surface area contributed by atoms with Gasteiger partial charge in [-0.2, -0.15) is 5.10 Å². The average Bonchev–Trinajstić information content (AvgIpc) is 3.15. The van der Waals surface area contributed by atoms with Crippen molar-refractivity contribution in [3.05, 3.63) is 52.3 Å². The average molecular weight is 436 g/mol. The molecule has 0 radical (unpaired) electrons. The topological polar surface area (TPSA) is 44.6 Å². The van der Waals surface area contributed by atoms with Crippen LogP contribution >= 0.6 is 0 Å². The number of aromatic nitrogens is 2. The molecule has 1 aliphatic carbocycles. The fourth-order valence-corrected chi connectivity index (χ4v) is 5.86. The molecule has 1 aromatic carbocycles. The summed E-state index contributed by atoms with van der Waals surface area (Å²) >= 11 is 0. The number of aryl methyl sites for hydroxylation is 2. The molecule has 1 amide bonds. The summed E-state index contributed by atoms with van der Waals surface area (Å²) in [4.78, 5) is 20.5. The molecule has 0 N–H and O–H groups in total. The second kappa shape index (κ2) is 9.36. The normalized spacial score (nSPS) is 22.7. The van der Waals surface area contributed by atoms with Gasteiger partial charge in [0.2, 0.25) is 0 Å². The molecule has 1 aromatic heterocycles. The van der Waals surface area contributed by atoms with Gasteiger partial charge in [0.15, 0.2) is 5.69 Å². The van der Waals surface area contributed by atoms with Crippen molar-refractivity contribution in [3.8, 4) is 0 Å². The summed E-state index contributed by atoms with van der Waals surface area (Å²) in [6.45, 7) is 9.44. The molecule has 0 bridgehead atoms. The summed E-state index contributed by atoms with van der Waals surface area (Å²) in [5.74, 6) is 0.158. The van der Waals surface area contributed by atoms with Gasteiger partial charge in [-0.1, -0.05) is 29.8 Å². The highest BCUT2D eigenvalue weighted by Gasteiger charge is 2.33. The van der Waals surface area contributed by atoms with E-state index in [0.29, 0.717) is 6.04 Å². The van der Waals surface area contributed by atoms with Crippen molar-refractivity contribution < 1.29 is 4.79 Å². The number of amides is 1. The van der Waals surface area contributed by atoms with Gasteiger partial charge < -0.3 is 4.90 Å². The van der Waals surface area contributed by atoms with Gasteiger partial charge in [0.05, 0.1) is 0 Å². The number of likely N-dealkylation sites (tertiary alicyclic amines) is 1. The van der Waals surface area contributed by atoms with Crippen molar-refractivity contribution in [1.29, 1.82) is 0 Å². The van der Waals surface area contributed by atoms with E-state index in [-0.39, 0.29) is 5.91 Å². The maximum absolute atomic E-state index is 13.2. The van der Waals surface area contributed by atoms with Crippen LogP contribution in [-0.4, -0.2) is 75.7 Å². The van der Waals surface area contributed by atoms with E-state index in [4.69, 9.17) is 5.10 Å². The second-order valence-electron chi connectivity index (χ2n) is 9.95. The molecule has 3 heterocycles. The molecule has 172 valence electrons. The lowest BCUT2D eigenvalue weighted by molar-refractivity contribution is 0.0712. The number of hydrogen-bond acceptors (Lipinski definition) is 4. The van der Waals surface area contributed by atoms with Crippen molar-refractivity contribution in [3.63, 3.8) is 0 Å². The molecular formula is C26H37N5O. The summed E-state index contributed by atoms with van der Waals surface area (Å²) < 4.78 is 1.97. The zero-order chi connectivity index (χ0) is 22.1. The first-order valence-electron chi connectivity index (χ1n) is 12.4. The zero-order valence-corrected chi connectivity index (χ0v) is 19.7. The van der Waals surface area contributed by atoms with Crippen molar-refractivity contribution in [1.82, 2.24) is 24.5 Å². The van der Waals surface area contributed by atoms with Gasteiger partial charge in [0.25, 0.3) is 5.91 Å². The molecule has 1 atom stereocenters. The largest absolute Gasteiger partial charge is 0.337 e. The molecule has 6 heteroatoms. The number of fused-ring (bicyclic) bond motifs is 1. The van der Waals surface area contributed by atoms with Crippen LogP contribution in [0.4, 0.5) is 0 Å². The third-order valence-corrected chi connectivity index (χ3v) is 7.69. The van der Waals surface area contributed by atoms with Gasteiger partial charge in [-0.25, -0.2) is 0 Å². The Hall–Kier alpha value is -2.18. The number of piperazine rings is 1. The van der Waals surface area contributed by atoms with E-state index in [1.165, 1.54) is 35.2 Å². The van der Waals surface area contributed by atoms with Gasteiger partial charge in [0, 0.05) is 70.2 Å². The Morgan fingerprint density at radius 3 is 2.59 bits per heavy atom. The van der Waals surface area contributed by atoms with Crippen LogP contribution in [0, 0.1) is 6.92 Å². The monoisotopic (exact) mass is 435 g/mol. The fourth-order valence-electron chi connectivity index (χ4n) is 5.86. The van der Waals surface area contributed by atoms with Crippen molar-refractivity contribution >= 4 is 5.91 Å². The Morgan fingerprint density at radius 1 is 1.06 bits per heavy atom. The molecule has 3 aliphatic rings. The predicted octanol–water partition coefficient (Wildman–Crippen LogP) is 3.03. The highest BCUT2D eigenvalue weighted by Crippen LogP contribution is 2.29. The molecule has 2 aromatic rings. The molecule has 2 saturated heterocycles. The molecule has 5 rings (SSSR count). The number of carbonyl (C=O) groups is 1. The zero-order valence-electron chi connectivity index (χ0n) is 19.7. The third-order valence-electron chi connectivity index (χ3n) is 7.69. The standard InChI is InChI=1S/C26H37N5O/c1-20-7-6-8-21(17-20)19-29-13-15-30(16-14-29)22-9-10-24-23(18-22)25(27-28(24)2)26(32)31-11-4-3-5-12-31/h6-8,17,22H,3-5,9-16,18-19H2,1-2H3/t22-/m1/s1. The lowest BCUT2D eigenvalue weighted by Crippen LogP contribution is -2.51. The minimum Gasteiger partial charge on any atom is -0.337 e. The molecule has 6 nitrogen and oxygen atoms in total.